The number of hydroxylamine groups is 2. The Morgan fingerprint density at radius 2 is 2.10 bits per heavy atom. The van der Waals surface area contributed by atoms with Crippen LogP contribution in [0.1, 0.15) is 70.7 Å². The highest BCUT2D eigenvalue weighted by atomic mass is 16.6. The molecule has 1 spiro atoms. The van der Waals surface area contributed by atoms with Crippen LogP contribution in [0.25, 0.3) is 0 Å². The van der Waals surface area contributed by atoms with Gasteiger partial charge in [-0.2, -0.15) is 0 Å². The Kier molecular flexibility index (Phi) is 4.52. The van der Waals surface area contributed by atoms with Crippen LogP contribution >= 0.6 is 0 Å². The van der Waals surface area contributed by atoms with Gasteiger partial charge in [-0.05, 0) is 45.4 Å². The smallest absolute Gasteiger partial charge is 0.410 e. The van der Waals surface area contributed by atoms with E-state index < -0.39 is 17.7 Å². The lowest BCUT2D eigenvalue weighted by Crippen LogP contribution is -2.41. The number of piperidine rings is 1. The molecular formula is C19H29N5O5. The van der Waals surface area contributed by atoms with Crippen LogP contribution in [0.5, 0.6) is 0 Å². The van der Waals surface area contributed by atoms with Crippen molar-refractivity contribution >= 4 is 12.1 Å². The van der Waals surface area contributed by atoms with E-state index in [2.05, 4.69) is 10.2 Å². The number of carbonyl (C=O) groups is 2. The van der Waals surface area contributed by atoms with Gasteiger partial charge in [0.15, 0.2) is 0 Å². The van der Waals surface area contributed by atoms with Crippen molar-refractivity contribution < 1.29 is 24.0 Å². The number of carbonyl (C=O) groups excluding carboxylic acids is 2. The van der Waals surface area contributed by atoms with Crippen molar-refractivity contribution in [2.24, 2.45) is 5.41 Å². The number of amides is 3. The third kappa shape index (κ3) is 3.54. The van der Waals surface area contributed by atoms with E-state index in [1.807, 2.05) is 27.7 Å². The first-order chi connectivity index (χ1) is 13.5. The molecule has 0 radical (unpaired) electrons. The van der Waals surface area contributed by atoms with Gasteiger partial charge in [-0.15, -0.1) is 10.2 Å². The zero-order valence-corrected chi connectivity index (χ0v) is 17.6. The predicted octanol–water partition coefficient (Wildman–Crippen LogP) is 2.76. The molecule has 1 aliphatic carbocycles. The normalized spacial score (nSPS) is 26.1. The summed E-state index contributed by atoms with van der Waals surface area (Å²) in [5.74, 6) is 0.610. The summed E-state index contributed by atoms with van der Waals surface area (Å²) in [6, 6.07) is -0.869. The Morgan fingerprint density at radius 1 is 1.41 bits per heavy atom. The van der Waals surface area contributed by atoms with Crippen LogP contribution in [0.15, 0.2) is 4.42 Å². The molecule has 3 heterocycles. The fraction of sp³-hybridized carbons (Fsp3) is 0.789. The number of aromatic nitrogens is 2. The molecule has 10 nitrogen and oxygen atoms in total. The Hall–Kier alpha value is -2.36. The van der Waals surface area contributed by atoms with Crippen LogP contribution in [-0.4, -0.2) is 74.2 Å². The van der Waals surface area contributed by atoms with Gasteiger partial charge in [0.05, 0.1) is 12.0 Å². The molecule has 0 aromatic carbocycles. The second kappa shape index (κ2) is 6.58. The number of rotatable bonds is 4. The van der Waals surface area contributed by atoms with Crippen LogP contribution in [0, 0.1) is 5.41 Å². The van der Waals surface area contributed by atoms with Crippen LogP contribution in [0.4, 0.5) is 9.59 Å². The van der Waals surface area contributed by atoms with Crippen molar-refractivity contribution in [1.82, 2.24) is 25.1 Å². The molecule has 1 aromatic heterocycles. The second-order valence-corrected chi connectivity index (χ2v) is 9.62. The van der Waals surface area contributed by atoms with Gasteiger partial charge < -0.3 is 19.0 Å². The summed E-state index contributed by atoms with van der Waals surface area (Å²) < 4.78 is 11.3. The summed E-state index contributed by atoms with van der Waals surface area (Å²) in [5.41, 5.74) is -0.605. The van der Waals surface area contributed by atoms with E-state index in [9.17, 15) is 14.8 Å². The Bertz CT molecular complexity index is 814. The lowest BCUT2D eigenvalue weighted by molar-refractivity contribution is -0.0783. The molecule has 3 fully saturated rings. The monoisotopic (exact) mass is 407 g/mol. The summed E-state index contributed by atoms with van der Waals surface area (Å²) in [6.45, 7) is 8.20. The van der Waals surface area contributed by atoms with Gasteiger partial charge in [0.1, 0.15) is 11.6 Å². The molecule has 160 valence electrons. The molecule has 2 saturated heterocycles. The van der Waals surface area contributed by atoms with Gasteiger partial charge >= 0.3 is 12.1 Å². The number of fused-ring (bicyclic) bond motifs is 3. The highest BCUT2D eigenvalue weighted by Crippen LogP contribution is 2.61. The first-order valence-corrected chi connectivity index (χ1v) is 10.1. The van der Waals surface area contributed by atoms with Crippen molar-refractivity contribution in [3.8, 4) is 0 Å². The fourth-order valence-electron chi connectivity index (χ4n) is 4.35. The molecule has 3 aliphatic rings. The molecule has 0 unspecified atom stereocenters. The van der Waals surface area contributed by atoms with Gasteiger partial charge in [0.2, 0.25) is 11.8 Å². The molecule has 2 aliphatic heterocycles. The number of urea groups is 1. The first kappa shape index (κ1) is 19.9. The molecular weight excluding hydrogens is 378 g/mol. The van der Waals surface area contributed by atoms with E-state index in [1.54, 1.807) is 11.9 Å². The number of hydrogen-bond acceptors (Lipinski definition) is 7. The lowest BCUT2D eigenvalue weighted by Gasteiger charge is -2.34. The maximum atomic E-state index is 12.4. The summed E-state index contributed by atoms with van der Waals surface area (Å²) in [7, 11) is 1.67. The lowest BCUT2D eigenvalue weighted by atomic mass is 9.85. The fourth-order valence-corrected chi connectivity index (χ4v) is 4.35. The Morgan fingerprint density at radius 3 is 2.72 bits per heavy atom. The molecule has 1 aromatic rings. The van der Waals surface area contributed by atoms with Crippen LogP contribution in [0.3, 0.4) is 0 Å². The molecule has 1 saturated carbocycles. The molecule has 10 heteroatoms. The SMILES string of the molecule is C[C@@H](CN(C)C(=O)OC(C)(C)C)c1nnc([C@@H]2CC3(CC3)[C@@H]3CN2C(=O)N3O)o1. The van der Waals surface area contributed by atoms with E-state index in [0.29, 0.717) is 31.3 Å². The van der Waals surface area contributed by atoms with E-state index in [-0.39, 0.29) is 23.4 Å². The van der Waals surface area contributed by atoms with Crippen molar-refractivity contribution in [2.75, 3.05) is 20.1 Å². The Balaban J connectivity index is 1.44. The average Bonchev–Trinajstić information content (AvgIpc) is 3.12. The summed E-state index contributed by atoms with van der Waals surface area (Å²) in [4.78, 5) is 27.7. The average molecular weight is 407 g/mol. The molecule has 1 N–H and O–H groups in total. The maximum absolute atomic E-state index is 12.4. The number of likely N-dealkylation sites (N-methyl/N-ethyl adjacent to an activating group) is 1. The van der Waals surface area contributed by atoms with E-state index in [1.165, 1.54) is 4.90 Å². The zero-order valence-electron chi connectivity index (χ0n) is 17.6. The van der Waals surface area contributed by atoms with E-state index in [0.717, 1.165) is 17.9 Å². The van der Waals surface area contributed by atoms with E-state index >= 15 is 0 Å². The number of nitrogens with zero attached hydrogens (tertiary/aromatic N) is 5. The molecule has 29 heavy (non-hydrogen) atoms. The predicted molar refractivity (Wildman–Crippen MR) is 100 cm³/mol. The molecule has 3 atom stereocenters. The molecule has 4 rings (SSSR count). The van der Waals surface area contributed by atoms with Gasteiger partial charge in [0, 0.05) is 20.1 Å². The quantitative estimate of drug-likeness (QED) is 0.764. The van der Waals surface area contributed by atoms with Crippen LogP contribution in [0.2, 0.25) is 0 Å². The zero-order chi connectivity index (χ0) is 21.1. The van der Waals surface area contributed by atoms with Crippen molar-refractivity contribution in [2.45, 2.75) is 70.6 Å². The number of hydrogen-bond donors (Lipinski definition) is 1. The molecule has 3 amide bonds. The van der Waals surface area contributed by atoms with Gasteiger partial charge in [-0.3, -0.25) is 5.21 Å². The third-order valence-corrected chi connectivity index (χ3v) is 6.10. The van der Waals surface area contributed by atoms with Crippen LogP contribution < -0.4 is 0 Å². The highest BCUT2D eigenvalue weighted by molar-refractivity contribution is 5.77. The first-order valence-electron chi connectivity index (χ1n) is 10.1. The van der Waals surface area contributed by atoms with Crippen molar-refractivity contribution in [3.05, 3.63) is 11.8 Å². The van der Waals surface area contributed by atoms with Gasteiger partial charge in [-0.25, -0.2) is 14.7 Å². The minimum atomic E-state index is -0.563. The highest BCUT2D eigenvalue weighted by Gasteiger charge is 2.63. The Labute approximate surface area is 169 Å². The third-order valence-electron chi connectivity index (χ3n) is 6.10. The number of ether oxygens (including phenoxy) is 1. The van der Waals surface area contributed by atoms with Crippen molar-refractivity contribution in [3.63, 3.8) is 0 Å². The van der Waals surface area contributed by atoms with Gasteiger partial charge in [0.25, 0.3) is 0 Å². The maximum Gasteiger partial charge on any atom is 0.410 e. The standard InChI is InChI=1S/C19H29N5O5/c1-11(9-22(5)17(26)29-18(2,3)4)14-20-21-15(28-14)12-8-19(6-7-19)13-10-23(12)16(25)24(13)27/h11-13,27H,6-10H2,1-5H3/t11-,12-,13-/m0/s1. The summed E-state index contributed by atoms with van der Waals surface area (Å²) in [5, 5.41) is 19.4. The topological polar surface area (TPSA) is 112 Å². The minimum absolute atomic E-state index is 0.0424. The minimum Gasteiger partial charge on any atom is -0.444 e. The second-order valence-electron chi connectivity index (χ2n) is 9.62. The largest absolute Gasteiger partial charge is 0.444 e. The summed E-state index contributed by atoms with van der Waals surface area (Å²) in [6.07, 6.45) is 2.28. The van der Waals surface area contributed by atoms with Gasteiger partial charge in [-0.1, -0.05) is 6.92 Å². The van der Waals surface area contributed by atoms with Crippen LogP contribution in [-0.2, 0) is 4.74 Å². The summed E-state index contributed by atoms with van der Waals surface area (Å²) >= 11 is 0. The van der Waals surface area contributed by atoms with Crippen molar-refractivity contribution in [1.29, 1.82) is 0 Å². The van der Waals surface area contributed by atoms with E-state index in [4.69, 9.17) is 9.15 Å². The molecule has 2 bridgehead atoms.